The van der Waals surface area contributed by atoms with Gasteiger partial charge in [0, 0.05) is 0 Å². The molecule has 1 heterocycles. The summed E-state index contributed by atoms with van der Waals surface area (Å²) in [5.74, 6) is 0. The summed E-state index contributed by atoms with van der Waals surface area (Å²) >= 11 is 0. The Balaban J connectivity index is 3.06. The maximum Gasteiger partial charge on any atom is 0.145 e. The lowest BCUT2D eigenvalue weighted by Gasteiger charge is -1.62. The van der Waals surface area contributed by atoms with Crippen molar-refractivity contribution < 1.29 is 9.26 Å². The average Bonchev–Trinajstić information content (AvgIpc) is 1.90. The lowest BCUT2D eigenvalue weighted by atomic mass is 10.6. The Kier molecular flexibility index (Phi) is 1.23. The van der Waals surface area contributed by atoms with Crippen LogP contribution in [0, 0.1) is 6.20 Å². The molecule has 3 nitrogen and oxygen atoms in total. The van der Waals surface area contributed by atoms with E-state index in [-0.39, 0.29) is 0 Å². The Hall–Kier alpha value is -1.12. The number of hydrogen-bond acceptors (Lipinski definition) is 2. The number of rotatable bonds is 0. The highest BCUT2D eigenvalue weighted by atomic mass is 17.0. The SMILES string of the molecule is [c]1cccoo[nH]1. The maximum atomic E-state index is 4.31. The Morgan fingerprint density at radius 2 is 2.57 bits per heavy atom. The maximum absolute atomic E-state index is 4.31. The predicted molar refractivity (Wildman–Crippen MR) is 21.8 cm³/mol. The van der Waals surface area contributed by atoms with Crippen molar-refractivity contribution in [2.24, 2.45) is 0 Å². The molecule has 1 rings (SSSR count). The molecule has 0 aliphatic rings. The van der Waals surface area contributed by atoms with Gasteiger partial charge in [-0.1, -0.05) is 0 Å². The first-order valence-corrected chi connectivity index (χ1v) is 1.81. The van der Waals surface area contributed by atoms with Gasteiger partial charge >= 0.3 is 0 Å². The normalized spacial score (nSPS) is 8.00. The van der Waals surface area contributed by atoms with Crippen LogP contribution in [-0.4, -0.2) is 5.16 Å². The van der Waals surface area contributed by atoms with Crippen LogP contribution >= 0.6 is 0 Å². The smallest absolute Gasteiger partial charge is 0.145 e. The largest absolute Gasteiger partial charge is 0.277 e. The molecule has 0 saturated heterocycles. The van der Waals surface area contributed by atoms with Crippen LogP contribution in [0.15, 0.2) is 27.7 Å². The summed E-state index contributed by atoms with van der Waals surface area (Å²) in [6.45, 7) is 0. The monoisotopic (exact) mass is 98.0 g/mol. The highest BCUT2D eigenvalue weighted by Crippen LogP contribution is 1.73. The fourth-order valence-corrected chi connectivity index (χ4v) is 0.229. The molecule has 0 aromatic carbocycles. The Labute approximate surface area is 40.1 Å². The van der Waals surface area contributed by atoms with Crippen molar-refractivity contribution in [3.63, 3.8) is 0 Å². The summed E-state index contributed by atoms with van der Waals surface area (Å²) in [4.78, 5) is 0. The van der Waals surface area contributed by atoms with Crippen molar-refractivity contribution in [2.45, 2.75) is 0 Å². The molecule has 1 aromatic heterocycles. The number of nitrogens with one attached hydrogen (secondary N) is 1. The first kappa shape index (κ1) is 4.05. The molecule has 0 bridgehead atoms. The highest BCUT2D eigenvalue weighted by molar-refractivity contribution is 4.73. The molecule has 1 aromatic rings. The summed E-state index contributed by atoms with van der Waals surface area (Å²) in [5.41, 5.74) is 0. The molecule has 0 amide bonds. The molecule has 0 fully saturated rings. The first-order chi connectivity index (χ1) is 3.50. The Bertz CT molecular complexity index is 97.7. The van der Waals surface area contributed by atoms with E-state index in [1.165, 1.54) is 6.26 Å². The number of hydrogen-bond donors (Lipinski definition) is 1. The van der Waals surface area contributed by atoms with Crippen molar-refractivity contribution in [3.05, 3.63) is 24.6 Å². The Morgan fingerprint density at radius 1 is 1.57 bits per heavy atom. The summed E-state index contributed by atoms with van der Waals surface area (Å²) in [6, 6.07) is 3.28. The van der Waals surface area contributed by atoms with E-state index in [9.17, 15) is 0 Å². The lowest BCUT2D eigenvalue weighted by molar-refractivity contribution is -0.00990. The van der Waals surface area contributed by atoms with Gasteiger partial charge in [0.15, 0.2) is 0 Å². The van der Waals surface area contributed by atoms with E-state index in [1.54, 1.807) is 12.1 Å². The lowest BCUT2D eigenvalue weighted by Crippen LogP contribution is -1.50. The van der Waals surface area contributed by atoms with Gasteiger partial charge in [-0.3, -0.25) is 4.58 Å². The molecular formula is C4H4NO2. The van der Waals surface area contributed by atoms with E-state index in [2.05, 4.69) is 20.6 Å². The summed E-state index contributed by atoms with van der Waals surface area (Å²) in [5, 5.41) is 2.26. The van der Waals surface area contributed by atoms with E-state index in [0.717, 1.165) is 0 Å². The van der Waals surface area contributed by atoms with E-state index in [1.807, 2.05) is 0 Å². The predicted octanol–water partition coefficient (Wildman–Crippen LogP) is 1.13. The molecule has 0 aliphatic carbocycles. The third-order valence-corrected chi connectivity index (χ3v) is 0.462. The molecule has 3 heteroatoms. The molecule has 1 radical (unpaired) electrons. The quantitative estimate of drug-likeness (QED) is 0.494. The molecule has 0 saturated carbocycles. The second kappa shape index (κ2) is 2.12. The van der Waals surface area contributed by atoms with Crippen LogP contribution < -0.4 is 0 Å². The molecule has 37 valence electrons. The minimum Gasteiger partial charge on any atom is -0.277 e. The van der Waals surface area contributed by atoms with Crippen LogP contribution in [0.2, 0.25) is 0 Å². The van der Waals surface area contributed by atoms with Crippen LogP contribution in [0.25, 0.3) is 0 Å². The van der Waals surface area contributed by atoms with Gasteiger partial charge < -0.3 is 0 Å². The zero-order valence-corrected chi connectivity index (χ0v) is 3.55. The van der Waals surface area contributed by atoms with Crippen LogP contribution in [0.5, 0.6) is 0 Å². The zero-order chi connectivity index (χ0) is 4.95. The minimum atomic E-state index is 1.40. The topological polar surface area (TPSA) is 42.1 Å². The molecule has 7 heavy (non-hydrogen) atoms. The summed E-state index contributed by atoms with van der Waals surface area (Å²) in [7, 11) is 0. The van der Waals surface area contributed by atoms with Crippen molar-refractivity contribution in [2.75, 3.05) is 0 Å². The highest BCUT2D eigenvalue weighted by Gasteiger charge is 1.59. The third kappa shape index (κ3) is 1.17. The van der Waals surface area contributed by atoms with Gasteiger partial charge in [-0.25, -0.2) is 0 Å². The second-order valence-corrected chi connectivity index (χ2v) is 0.921. The zero-order valence-electron chi connectivity index (χ0n) is 3.55. The third-order valence-electron chi connectivity index (χ3n) is 0.462. The van der Waals surface area contributed by atoms with E-state index < -0.39 is 0 Å². The standard InChI is InChI=1S/C4H4NO2/c1-2-4-6-7-5-3-1/h1-2,4-5H. The van der Waals surface area contributed by atoms with Gasteiger partial charge in [0.25, 0.3) is 0 Å². The average molecular weight is 98.1 g/mol. The van der Waals surface area contributed by atoms with Gasteiger partial charge in [-0.15, -0.1) is 0 Å². The molecule has 1 N–H and O–H groups in total. The Morgan fingerprint density at radius 3 is 3.57 bits per heavy atom. The molecular weight excluding hydrogens is 94.0 g/mol. The fourth-order valence-electron chi connectivity index (χ4n) is 0.229. The van der Waals surface area contributed by atoms with Gasteiger partial charge in [-0.05, 0) is 12.1 Å². The molecule has 0 spiro atoms. The van der Waals surface area contributed by atoms with Gasteiger partial charge in [-0.2, -0.15) is 9.84 Å². The first-order valence-electron chi connectivity index (χ1n) is 1.81. The molecule has 0 atom stereocenters. The van der Waals surface area contributed by atoms with Crippen LogP contribution in [0.1, 0.15) is 0 Å². The van der Waals surface area contributed by atoms with E-state index in [4.69, 9.17) is 0 Å². The number of aromatic amines is 1. The molecule has 0 unspecified atom stereocenters. The fraction of sp³-hybridized carbons (Fsp3) is 0. The van der Waals surface area contributed by atoms with Crippen LogP contribution in [-0.2, 0) is 0 Å². The van der Waals surface area contributed by atoms with Crippen LogP contribution in [0.4, 0.5) is 0 Å². The number of H-pyrrole nitrogens is 1. The van der Waals surface area contributed by atoms with Crippen LogP contribution in [0.3, 0.4) is 0 Å². The summed E-state index contributed by atoms with van der Waals surface area (Å²) < 4.78 is 8.52. The summed E-state index contributed by atoms with van der Waals surface area (Å²) in [6.07, 6.45) is 3.93. The van der Waals surface area contributed by atoms with E-state index >= 15 is 0 Å². The van der Waals surface area contributed by atoms with Crippen molar-refractivity contribution in [1.82, 2.24) is 5.16 Å². The van der Waals surface area contributed by atoms with Crippen molar-refractivity contribution in [1.29, 1.82) is 0 Å². The second-order valence-electron chi connectivity index (χ2n) is 0.921. The van der Waals surface area contributed by atoms with E-state index in [0.29, 0.717) is 0 Å². The number of aromatic nitrogens is 1. The van der Waals surface area contributed by atoms with Gasteiger partial charge in [0.05, 0.1) is 0 Å². The van der Waals surface area contributed by atoms with Gasteiger partial charge in [0.2, 0.25) is 0 Å². The van der Waals surface area contributed by atoms with Gasteiger partial charge in [0.1, 0.15) is 12.5 Å². The van der Waals surface area contributed by atoms with Crippen molar-refractivity contribution in [3.8, 4) is 0 Å². The minimum absolute atomic E-state index is 1.40. The molecule has 0 aliphatic heterocycles. The van der Waals surface area contributed by atoms with Crippen molar-refractivity contribution >= 4 is 0 Å².